The van der Waals surface area contributed by atoms with Crippen LogP contribution in [0.5, 0.6) is 0 Å². The monoisotopic (exact) mass is 440 g/mol. The van der Waals surface area contributed by atoms with Crippen LogP contribution in [-0.4, -0.2) is 17.7 Å². The van der Waals surface area contributed by atoms with Gasteiger partial charge in [-0.05, 0) is 35.7 Å². The van der Waals surface area contributed by atoms with Gasteiger partial charge >= 0.3 is 5.97 Å². The normalized spacial score (nSPS) is 13.4. The van der Waals surface area contributed by atoms with E-state index in [9.17, 15) is 9.90 Å². The van der Waals surface area contributed by atoms with Gasteiger partial charge in [-0.25, -0.2) is 0 Å². The predicted molar refractivity (Wildman–Crippen MR) is 98.1 cm³/mol. The fraction of sp³-hybridized carbons (Fsp3) is 0.278. The highest BCUT2D eigenvalue weighted by atomic mass is 79.9. The zero-order valence-electron chi connectivity index (χ0n) is 13.0. The molecule has 1 atom stereocenters. The molecule has 1 unspecified atom stereocenters. The summed E-state index contributed by atoms with van der Waals surface area (Å²) in [6.07, 6.45) is 0.355. The van der Waals surface area contributed by atoms with Crippen LogP contribution in [0.3, 0.4) is 0 Å². The molecule has 1 N–H and O–H groups in total. The first-order valence-electron chi connectivity index (χ1n) is 7.21. The summed E-state index contributed by atoms with van der Waals surface area (Å²) >= 11 is 7.00. The molecule has 0 saturated carbocycles. The Labute approximate surface area is 152 Å². The van der Waals surface area contributed by atoms with E-state index in [2.05, 4.69) is 31.9 Å². The van der Waals surface area contributed by atoms with Crippen molar-refractivity contribution in [3.8, 4) is 11.1 Å². The number of rotatable bonds is 5. The second-order valence-electron chi connectivity index (χ2n) is 5.57. The molecule has 0 aromatic heterocycles. The number of esters is 1. The molecule has 2 rings (SSSR count). The summed E-state index contributed by atoms with van der Waals surface area (Å²) in [6, 6.07) is 13.8. The molecule has 122 valence electrons. The van der Waals surface area contributed by atoms with Crippen LogP contribution >= 0.6 is 31.9 Å². The van der Waals surface area contributed by atoms with Gasteiger partial charge in [0.05, 0.1) is 12.2 Å². The molecular formula is C18H18Br2O3. The summed E-state index contributed by atoms with van der Waals surface area (Å²) in [6.45, 7) is 3.28. The Morgan fingerprint density at radius 3 is 2.39 bits per heavy atom. The molecule has 2 aromatic carbocycles. The standard InChI is InChI=1S/C18H18Br2O3/c1-12(21)23-10-9-18(2,22)14-5-3-13(4-6-14)16-8-7-15(19)11-17(16)20/h3-8,11,22H,9-10H2,1-2H3. The van der Waals surface area contributed by atoms with E-state index in [1.54, 1.807) is 6.92 Å². The first-order valence-corrected chi connectivity index (χ1v) is 8.80. The van der Waals surface area contributed by atoms with Crippen molar-refractivity contribution in [1.29, 1.82) is 0 Å². The van der Waals surface area contributed by atoms with Gasteiger partial charge in [-0.15, -0.1) is 0 Å². The molecule has 0 amide bonds. The lowest BCUT2D eigenvalue weighted by atomic mass is 9.91. The molecule has 23 heavy (non-hydrogen) atoms. The van der Waals surface area contributed by atoms with Gasteiger partial charge in [0.15, 0.2) is 0 Å². The third-order valence-electron chi connectivity index (χ3n) is 3.64. The molecule has 3 nitrogen and oxygen atoms in total. The second-order valence-corrected chi connectivity index (χ2v) is 7.34. The summed E-state index contributed by atoms with van der Waals surface area (Å²) < 4.78 is 6.92. The van der Waals surface area contributed by atoms with Crippen LogP contribution in [0.25, 0.3) is 11.1 Å². The zero-order chi connectivity index (χ0) is 17.0. The van der Waals surface area contributed by atoms with Crippen molar-refractivity contribution >= 4 is 37.8 Å². The smallest absolute Gasteiger partial charge is 0.302 e. The predicted octanol–water partition coefficient (Wildman–Crippen LogP) is 5.04. The van der Waals surface area contributed by atoms with Crippen LogP contribution in [0.15, 0.2) is 51.4 Å². The van der Waals surface area contributed by atoms with Gasteiger partial charge in [-0.2, -0.15) is 0 Å². The molecule has 0 aliphatic heterocycles. The highest BCUT2D eigenvalue weighted by Gasteiger charge is 2.23. The van der Waals surface area contributed by atoms with Gasteiger partial charge < -0.3 is 9.84 Å². The van der Waals surface area contributed by atoms with Gasteiger partial charge in [0.1, 0.15) is 0 Å². The Hall–Kier alpha value is -1.17. The number of hydrogen-bond donors (Lipinski definition) is 1. The van der Waals surface area contributed by atoms with Crippen molar-refractivity contribution in [2.24, 2.45) is 0 Å². The highest BCUT2D eigenvalue weighted by Crippen LogP contribution is 2.32. The van der Waals surface area contributed by atoms with Crippen LogP contribution < -0.4 is 0 Å². The number of hydrogen-bond acceptors (Lipinski definition) is 3. The minimum atomic E-state index is -1.04. The number of carbonyl (C=O) groups excluding carboxylic acids is 1. The Bertz CT molecular complexity index is 694. The van der Waals surface area contributed by atoms with Crippen molar-refractivity contribution in [1.82, 2.24) is 0 Å². The molecule has 2 aromatic rings. The molecule has 5 heteroatoms. The quantitative estimate of drug-likeness (QED) is 0.661. The lowest BCUT2D eigenvalue weighted by Gasteiger charge is -2.24. The Balaban J connectivity index is 2.16. The minimum Gasteiger partial charge on any atom is -0.466 e. The van der Waals surface area contributed by atoms with Crippen molar-refractivity contribution in [3.63, 3.8) is 0 Å². The molecule has 0 fully saturated rings. The van der Waals surface area contributed by atoms with E-state index in [1.165, 1.54) is 6.92 Å². The first-order chi connectivity index (χ1) is 10.8. The second kappa shape index (κ2) is 7.60. The van der Waals surface area contributed by atoms with E-state index in [0.717, 1.165) is 25.6 Å². The topological polar surface area (TPSA) is 46.5 Å². The Morgan fingerprint density at radius 2 is 1.83 bits per heavy atom. The van der Waals surface area contributed by atoms with Crippen LogP contribution in [0.1, 0.15) is 25.8 Å². The van der Waals surface area contributed by atoms with E-state index < -0.39 is 5.60 Å². The summed E-state index contributed by atoms with van der Waals surface area (Å²) in [7, 11) is 0. The maximum Gasteiger partial charge on any atom is 0.302 e. The number of benzene rings is 2. The third-order valence-corrected chi connectivity index (χ3v) is 4.79. The summed E-state index contributed by atoms with van der Waals surface area (Å²) in [5, 5.41) is 10.5. The zero-order valence-corrected chi connectivity index (χ0v) is 16.1. The molecule has 0 saturated heterocycles. The third kappa shape index (κ3) is 4.90. The molecule has 0 radical (unpaired) electrons. The van der Waals surface area contributed by atoms with Gasteiger partial charge in [0, 0.05) is 22.3 Å². The average Bonchev–Trinajstić information content (AvgIpc) is 2.47. The number of aliphatic hydroxyl groups is 1. The van der Waals surface area contributed by atoms with Gasteiger partial charge in [-0.1, -0.05) is 62.2 Å². The molecular weight excluding hydrogens is 424 g/mol. The molecule has 0 bridgehead atoms. The first kappa shape index (κ1) is 18.2. The van der Waals surface area contributed by atoms with E-state index in [4.69, 9.17) is 4.74 Å². The Kier molecular flexibility index (Phi) is 6.00. The van der Waals surface area contributed by atoms with Crippen molar-refractivity contribution < 1.29 is 14.6 Å². The minimum absolute atomic E-state index is 0.197. The van der Waals surface area contributed by atoms with Crippen molar-refractivity contribution in [2.45, 2.75) is 25.9 Å². The van der Waals surface area contributed by atoms with Crippen molar-refractivity contribution in [2.75, 3.05) is 6.61 Å². The van der Waals surface area contributed by atoms with Crippen LogP contribution in [0.2, 0.25) is 0 Å². The van der Waals surface area contributed by atoms with E-state index in [0.29, 0.717) is 6.42 Å². The van der Waals surface area contributed by atoms with E-state index in [-0.39, 0.29) is 12.6 Å². The lowest BCUT2D eigenvalue weighted by molar-refractivity contribution is -0.142. The maximum atomic E-state index is 10.8. The van der Waals surface area contributed by atoms with Gasteiger partial charge in [-0.3, -0.25) is 4.79 Å². The average molecular weight is 442 g/mol. The van der Waals surface area contributed by atoms with E-state index >= 15 is 0 Å². The summed E-state index contributed by atoms with van der Waals surface area (Å²) in [5.41, 5.74) is 1.90. The maximum absolute atomic E-state index is 10.8. The number of halogens is 2. The lowest BCUT2D eigenvalue weighted by Crippen LogP contribution is -2.23. The Morgan fingerprint density at radius 1 is 1.17 bits per heavy atom. The number of carbonyl (C=O) groups is 1. The molecule has 0 spiro atoms. The molecule has 0 heterocycles. The van der Waals surface area contributed by atoms with E-state index in [1.807, 2.05) is 42.5 Å². The highest BCUT2D eigenvalue weighted by molar-refractivity contribution is 9.11. The van der Waals surface area contributed by atoms with Crippen LogP contribution in [0.4, 0.5) is 0 Å². The summed E-state index contributed by atoms with van der Waals surface area (Å²) in [5.74, 6) is -0.337. The SMILES string of the molecule is CC(=O)OCCC(C)(O)c1ccc(-c2ccc(Br)cc2Br)cc1. The summed E-state index contributed by atoms with van der Waals surface area (Å²) in [4.78, 5) is 10.8. The van der Waals surface area contributed by atoms with Crippen molar-refractivity contribution in [3.05, 3.63) is 57.0 Å². The largest absolute Gasteiger partial charge is 0.466 e. The van der Waals surface area contributed by atoms with Gasteiger partial charge in [0.2, 0.25) is 0 Å². The number of ether oxygens (including phenoxy) is 1. The van der Waals surface area contributed by atoms with Crippen LogP contribution in [0, 0.1) is 0 Å². The molecule has 0 aliphatic carbocycles. The molecule has 0 aliphatic rings. The fourth-order valence-electron chi connectivity index (χ4n) is 2.27. The van der Waals surface area contributed by atoms with Gasteiger partial charge in [0.25, 0.3) is 0 Å². The fourth-order valence-corrected chi connectivity index (χ4v) is 3.55. The van der Waals surface area contributed by atoms with Crippen LogP contribution in [-0.2, 0) is 15.1 Å².